The van der Waals surface area contributed by atoms with Crippen LogP contribution >= 0.6 is 0 Å². The van der Waals surface area contributed by atoms with Gasteiger partial charge in [-0.1, -0.05) is 6.92 Å². The zero-order valence-corrected chi connectivity index (χ0v) is 11.1. The number of carbonyl (C=O) groups is 1. The molecule has 2 rings (SSSR count). The summed E-state index contributed by atoms with van der Waals surface area (Å²) in [5, 5.41) is 13.7. The van der Waals surface area contributed by atoms with Crippen molar-refractivity contribution in [3.8, 4) is 0 Å². The minimum atomic E-state index is -0.0252. The Hall–Kier alpha value is -1.36. The van der Waals surface area contributed by atoms with Gasteiger partial charge in [0.15, 0.2) is 0 Å². The largest absolute Gasteiger partial charge is 0.394 e. The smallest absolute Gasteiger partial charge is 0.272 e. The van der Waals surface area contributed by atoms with E-state index in [-0.39, 0.29) is 18.6 Å². The molecule has 0 bridgehead atoms. The van der Waals surface area contributed by atoms with E-state index in [1.54, 1.807) is 9.58 Å². The maximum absolute atomic E-state index is 12.5. The van der Waals surface area contributed by atoms with Crippen molar-refractivity contribution >= 4 is 5.91 Å². The number of aryl methyl sites for hydroxylation is 2. The molecule has 5 heteroatoms. The number of carbonyl (C=O) groups excluding carboxylic acids is 1. The van der Waals surface area contributed by atoms with Crippen molar-refractivity contribution in [1.29, 1.82) is 0 Å². The molecule has 2 heterocycles. The van der Waals surface area contributed by atoms with Crippen molar-refractivity contribution in [2.24, 2.45) is 0 Å². The average molecular weight is 251 g/mol. The molecule has 1 aliphatic rings. The Kier molecular flexibility index (Phi) is 4.01. The van der Waals surface area contributed by atoms with Crippen molar-refractivity contribution in [3.05, 3.63) is 17.5 Å². The maximum Gasteiger partial charge on any atom is 0.272 e. The lowest BCUT2D eigenvalue weighted by Gasteiger charge is -2.23. The lowest BCUT2D eigenvalue weighted by molar-refractivity contribution is 0.0665. The maximum atomic E-state index is 12.5. The van der Waals surface area contributed by atoms with Gasteiger partial charge in [0.05, 0.1) is 18.3 Å². The first-order chi connectivity index (χ1) is 8.71. The van der Waals surface area contributed by atoms with Gasteiger partial charge in [-0.25, -0.2) is 0 Å². The highest BCUT2D eigenvalue weighted by Gasteiger charge is 2.30. The summed E-state index contributed by atoms with van der Waals surface area (Å²) in [7, 11) is 0. The Morgan fingerprint density at radius 2 is 2.33 bits per heavy atom. The third kappa shape index (κ3) is 2.27. The fourth-order valence-corrected chi connectivity index (χ4v) is 2.50. The molecule has 1 N–H and O–H groups in total. The molecule has 1 unspecified atom stereocenters. The number of hydrogen-bond donors (Lipinski definition) is 1. The number of amides is 1. The van der Waals surface area contributed by atoms with Gasteiger partial charge in [-0.3, -0.25) is 9.48 Å². The molecule has 5 nitrogen and oxygen atoms in total. The van der Waals surface area contributed by atoms with Crippen molar-refractivity contribution in [2.75, 3.05) is 13.2 Å². The summed E-state index contributed by atoms with van der Waals surface area (Å²) in [6.45, 7) is 5.49. The second-order valence-electron chi connectivity index (χ2n) is 4.67. The van der Waals surface area contributed by atoms with Crippen LogP contribution in [0.2, 0.25) is 0 Å². The Morgan fingerprint density at radius 1 is 1.56 bits per heavy atom. The molecule has 1 aromatic heterocycles. The number of likely N-dealkylation sites (tertiary alicyclic amines) is 1. The van der Waals surface area contributed by atoms with Gasteiger partial charge in [-0.2, -0.15) is 5.10 Å². The Labute approximate surface area is 107 Å². The predicted molar refractivity (Wildman–Crippen MR) is 68.4 cm³/mol. The van der Waals surface area contributed by atoms with Crippen molar-refractivity contribution in [3.63, 3.8) is 0 Å². The third-order valence-corrected chi connectivity index (χ3v) is 3.56. The van der Waals surface area contributed by atoms with Crippen molar-refractivity contribution in [2.45, 2.75) is 45.7 Å². The molecule has 1 fully saturated rings. The molecule has 0 spiro atoms. The highest BCUT2D eigenvalue weighted by Crippen LogP contribution is 2.20. The van der Waals surface area contributed by atoms with Gasteiger partial charge < -0.3 is 10.0 Å². The first-order valence-corrected chi connectivity index (χ1v) is 6.69. The highest BCUT2D eigenvalue weighted by atomic mass is 16.3. The molecule has 18 heavy (non-hydrogen) atoms. The Bertz CT molecular complexity index is 428. The number of aromatic nitrogens is 2. The van der Waals surface area contributed by atoms with Crippen LogP contribution in [-0.2, 0) is 13.0 Å². The van der Waals surface area contributed by atoms with Gasteiger partial charge >= 0.3 is 0 Å². The number of aliphatic hydroxyl groups is 1. The molecule has 100 valence electrons. The van der Waals surface area contributed by atoms with E-state index >= 15 is 0 Å². The number of aliphatic hydroxyl groups excluding tert-OH is 1. The van der Waals surface area contributed by atoms with Gasteiger partial charge in [-0.15, -0.1) is 0 Å². The van der Waals surface area contributed by atoms with Crippen molar-refractivity contribution in [1.82, 2.24) is 14.7 Å². The first kappa shape index (κ1) is 13.1. The molecular weight excluding hydrogens is 230 g/mol. The average Bonchev–Trinajstić information content (AvgIpc) is 3.03. The van der Waals surface area contributed by atoms with Crippen molar-refractivity contribution < 1.29 is 9.90 Å². The summed E-state index contributed by atoms with van der Waals surface area (Å²) in [4.78, 5) is 14.3. The molecule has 1 amide bonds. The van der Waals surface area contributed by atoms with Crippen LogP contribution in [0.1, 0.15) is 42.9 Å². The molecule has 0 aromatic carbocycles. The van der Waals surface area contributed by atoms with Crippen LogP contribution in [0.4, 0.5) is 0 Å². The topological polar surface area (TPSA) is 58.4 Å². The van der Waals surface area contributed by atoms with E-state index in [4.69, 9.17) is 0 Å². The van der Waals surface area contributed by atoms with Crippen LogP contribution in [0.5, 0.6) is 0 Å². The molecular formula is C13H21N3O2. The molecule has 0 aliphatic carbocycles. The fourth-order valence-electron chi connectivity index (χ4n) is 2.50. The van der Waals surface area contributed by atoms with Gasteiger partial charge in [-0.05, 0) is 32.3 Å². The van der Waals surface area contributed by atoms with E-state index in [1.807, 2.05) is 19.9 Å². The lowest BCUT2D eigenvalue weighted by Crippen LogP contribution is -2.38. The Morgan fingerprint density at radius 3 is 2.94 bits per heavy atom. The van der Waals surface area contributed by atoms with Crippen LogP contribution in [0.15, 0.2) is 6.07 Å². The SMILES string of the molecule is CCc1cc(C(=O)N2CCCC2CO)n(CC)n1. The van der Waals surface area contributed by atoms with Gasteiger partial charge in [0, 0.05) is 13.1 Å². The molecule has 1 saturated heterocycles. The monoisotopic (exact) mass is 251 g/mol. The van der Waals surface area contributed by atoms with Crippen LogP contribution < -0.4 is 0 Å². The van der Waals surface area contributed by atoms with Gasteiger partial charge in [0.2, 0.25) is 0 Å². The van der Waals surface area contributed by atoms with E-state index in [0.29, 0.717) is 12.2 Å². The Balaban J connectivity index is 2.24. The fraction of sp³-hybridized carbons (Fsp3) is 0.692. The summed E-state index contributed by atoms with van der Waals surface area (Å²) < 4.78 is 1.76. The summed E-state index contributed by atoms with van der Waals surface area (Å²) in [6, 6.07) is 1.85. The van der Waals surface area contributed by atoms with E-state index in [2.05, 4.69) is 5.10 Å². The number of rotatable bonds is 4. The zero-order valence-electron chi connectivity index (χ0n) is 11.1. The molecule has 0 radical (unpaired) electrons. The quantitative estimate of drug-likeness (QED) is 0.870. The van der Waals surface area contributed by atoms with E-state index in [1.165, 1.54) is 0 Å². The third-order valence-electron chi connectivity index (χ3n) is 3.56. The van der Waals surface area contributed by atoms with Gasteiger partial charge in [0.25, 0.3) is 5.91 Å². The predicted octanol–water partition coefficient (Wildman–Crippen LogP) is 1.06. The van der Waals surface area contributed by atoms with E-state index < -0.39 is 0 Å². The van der Waals surface area contributed by atoms with Gasteiger partial charge in [0.1, 0.15) is 5.69 Å². The van der Waals surface area contributed by atoms with E-state index in [9.17, 15) is 9.90 Å². The summed E-state index contributed by atoms with van der Waals surface area (Å²) in [5.41, 5.74) is 1.59. The second kappa shape index (κ2) is 5.52. The minimum Gasteiger partial charge on any atom is -0.394 e. The normalized spacial score (nSPS) is 19.5. The van der Waals surface area contributed by atoms with Crippen LogP contribution in [0.3, 0.4) is 0 Å². The standard InChI is InChI=1S/C13H21N3O2/c1-3-10-8-12(16(4-2)14-10)13(18)15-7-5-6-11(15)9-17/h8,11,17H,3-7,9H2,1-2H3. The molecule has 1 aromatic rings. The second-order valence-corrected chi connectivity index (χ2v) is 4.67. The van der Waals surface area contributed by atoms with Crippen LogP contribution in [-0.4, -0.2) is 44.9 Å². The summed E-state index contributed by atoms with van der Waals surface area (Å²) >= 11 is 0. The molecule has 1 atom stereocenters. The highest BCUT2D eigenvalue weighted by molar-refractivity contribution is 5.93. The number of hydrogen-bond acceptors (Lipinski definition) is 3. The van der Waals surface area contributed by atoms with E-state index in [0.717, 1.165) is 31.5 Å². The number of nitrogens with zero attached hydrogens (tertiary/aromatic N) is 3. The first-order valence-electron chi connectivity index (χ1n) is 6.69. The minimum absolute atomic E-state index is 0.000556. The molecule has 0 saturated carbocycles. The van der Waals surface area contributed by atoms with Crippen LogP contribution in [0.25, 0.3) is 0 Å². The lowest BCUT2D eigenvalue weighted by atomic mass is 10.2. The van der Waals surface area contributed by atoms with Crippen LogP contribution in [0, 0.1) is 0 Å². The molecule has 1 aliphatic heterocycles. The zero-order chi connectivity index (χ0) is 13.1. The summed E-state index contributed by atoms with van der Waals surface area (Å²) in [5.74, 6) is 0.000556. The summed E-state index contributed by atoms with van der Waals surface area (Å²) in [6.07, 6.45) is 2.69.